The second kappa shape index (κ2) is 4.83. The summed E-state index contributed by atoms with van der Waals surface area (Å²) in [6.45, 7) is 1.49. The highest BCUT2D eigenvalue weighted by atomic mass is 16.3. The van der Waals surface area contributed by atoms with Crippen molar-refractivity contribution >= 4 is 17.3 Å². The molecule has 1 unspecified atom stereocenters. The first-order valence-electron chi connectivity index (χ1n) is 6.71. The van der Waals surface area contributed by atoms with Gasteiger partial charge in [0.1, 0.15) is 0 Å². The van der Waals surface area contributed by atoms with Crippen molar-refractivity contribution in [2.75, 3.05) is 18.4 Å². The maximum Gasteiger partial charge on any atom is 0.242 e. The highest BCUT2D eigenvalue weighted by Gasteiger charge is 2.33. The lowest BCUT2D eigenvalue weighted by molar-refractivity contribution is -0.122. The summed E-state index contributed by atoms with van der Waals surface area (Å²) >= 11 is 0. The van der Waals surface area contributed by atoms with Gasteiger partial charge in [0.05, 0.1) is 17.8 Å². The van der Waals surface area contributed by atoms with E-state index in [4.69, 9.17) is 5.73 Å². The van der Waals surface area contributed by atoms with Gasteiger partial charge in [-0.25, -0.2) is 0 Å². The zero-order valence-electron chi connectivity index (χ0n) is 10.7. The first-order valence-corrected chi connectivity index (χ1v) is 6.71. The third kappa shape index (κ3) is 2.31. The molecule has 5 heteroatoms. The molecular weight excluding hydrogens is 242 g/mol. The highest BCUT2D eigenvalue weighted by molar-refractivity contribution is 5.98. The summed E-state index contributed by atoms with van der Waals surface area (Å²) in [5, 5.41) is 12.4. The fraction of sp³-hybridized carbons (Fsp3) is 0.500. The molecule has 2 aliphatic heterocycles. The van der Waals surface area contributed by atoms with Gasteiger partial charge in [-0.05, 0) is 25.0 Å². The lowest BCUT2D eigenvalue weighted by atomic mass is 9.94. The number of anilines is 1. The molecule has 0 aromatic heterocycles. The van der Waals surface area contributed by atoms with Crippen molar-refractivity contribution in [2.45, 2.75) is 31.4 Å². The Labute approximate surface area is 112 Å². The minimum absolute atomic E-state index is 0.00879. The van der Waals surface area contributed by atoms with Gasteiger partial charge in [-0.1, -0.05) is 6.07 Å². The van der Waals surface area contributed by atoms with E-state index in [0.717, 1.165) is 37.2 Å². The van der Waals surface area contributed by atoms with Gasteiger partial charge in [-0.15, -0.1) is 0 Å². The molecular formula is C14H18N3O2. The number of nitrogens with zero attached hydrogens (tertiary/aromatic N) is 1. The molecule has 1 saturated heterocycles. The molecule has 1 atom stereocenters. The van der Waals surface area contributed by atoms with E-state index in [9.17, 15) is 9.90 Å². The normalized spacial score (nSPS) is 24.9. The summed E-state index contributed by atoms with van der Waals surface area (Å²) in [6, 6.07) is 5.19. The number of likely N-dealkylation sites (tertiary alicyclic amines) is 1. The number of fused-ring (bicyclic) bond motifs is 1. The number of aliphatic hydroxyl groups excluding tert-OH is 1. The van der Waals surface area contributed by atoms with Crippen LogP contribution in [0.4, 0.5) is 11.4 Å². The van der Waals surface area contributed by atoms with E-state index in [1.807, 2.05) is 6.07 Å². The van der Waals surface area contributed by atoms with Gasteiger partial charge in [-0.2, -0.15) is 0 Å². The number of piperidine rings is 1. The smallest absolute Gasteiger partial charge is 0.242 e. The monoisotopic (exact) mass is 260 g/mol. The van der Waals surface area contributed by atoms with Crippen molar-refractivity contribution in [3.8, 4) is 0 Å². The Hall–Kier alpha value is -1.59. The lowest BCUT2D eigenvalue weighted by Crippen LogP contribution is -2.51. The molecule has 0 aliphatic carbocycles. The number of amides is 1. The number of carbonyl (C=O) groups is 1. The van der Waals surface area contributed by atoms with Crippen molar-refractivity contribution in [2.24, 2.45) is 0 Å². The number of hydrogen-bond donors (Lipinski definition) is 2. The van der Waals surface area contributed by atoms with Crippen molar-refractivity contribution in [3.63, 3.8) is 0 Å². The van der Waals surface area contributed by atoms with Crippen LogP contribution in [0.2, 0.25) is 0 Å². The van der Waals surface area contributed by atoms with Gasteiger partial charge in [0, 0.05) is 30.8 Å². The lowest BCUT2D eigenvalue weighted by Gasteiger charge is -2.37. The van der Waals surface area contributed by atoms with E-state index in [2.05, 4.69) is 10.2 Å². The highest BCUT2D eigenvalue weighted by Crippen LogP contribution is 2.30. The van der Waals surface area contributed by atoms with Gasteiger partial charge < -0.3 is 16.2 Å². The van der Waals surface area contributed by atoms with E-state index in [1.165, 1.54) is 0 Å². The van der Waals surface area contributed by atoms with Crippen LogP contribution in [0.15, 0.2) is 18.2 Å². The van der Waals surface area contributed by atoms with Crippen LogP contribution in [0.3, 0.4) is 0 Å². The van der Waals surface area contributed by atoms with Crippen LogP contribution in [-0.4, -0.2) is 41.1 Å². The molecule has 3 N–H and O–H groups in total. The van der Waals surface area contributed by atoms with Crippen LogP contribution < -0.4 is 11.1 Å². The average molecular weight is 260 g/mol. The summed E-state index contributed by atoms with van der Waals surface area (Å²) in [7, 11) is 0. The zero-order chi connectivity index (χ0) is 13.4. The van der Waals surface area contributed by atoms with E-state index in [0.29, 0.717) is 12.1 Å². The molecule has 1 fully saturated rings. The van der Waals surface area contributed by atoms with Crippen LogP contribution in [0.5, 0.6) is 0 Å². The van der Waals surface area contributed by atoms with E-state index >= 15 is 0 Å². The Morgan fingerprint density at radius 3 is 2.79 bits per heavy atom. The number of aliphatic hydroxyl groups is 1. The fourth-order valence-electron chi connectivity index (χ4n) is 2.92. The van der Waals surface area contributed by atoms with E-state index in [1.54, 1.807) is 12.1 Å². The molecule has 2 heterocycles. The summed E-state index contributed by atoms with van der Waals surface area (Å²) in [5.41, 5.74) is 10.1. The first kappa shape index (κ1) is 12.4. The predicted octanol–water partition coefficient (Wildman–Crippen LogP) is 0.921. The third-order valence-corrected chi connectivity index (χ3v) is 4.07. The number of hydrogen-bond acceptors (Lipinski definition) is 3. The molecule has 1 amide bonds. The van der Waals surface area contributed by atoms with Gasteiger partial charge in [0.2, 0.25) is 5.91 Å². The number of nitrogens with one attached hydrogen (secondary N) is 2. The average Bonchev–Trinajstić information content (AvgIpc) is 2.40. The van der Waals surface area contributed by atoms with Crippen LogP contribution in [0, 0.1) is 0 Å². The SMILES string of the molecule is [NH]c1cccc2c1CC(N1CCC(O)CC1)C(=O)N2. The van der Waals surface area contributed by atoms with Crippen molar-refractivity contribution in [1.82, 2.24) is 10.6 Å². The molecule has 2 aliphatic rings. The van der Waals surface area contributed by atoms with Crippen LogP contribution >= 0.6 is 0 Å². The van der Waals surface area contributed by atoms with Crippen LogP contribution in [0.25, 0.3) is 0 Å². The Bertz CT molecular complexity index is 495. The Morgan fingerprint density at radius 1 is 1.32 bits per heavy atom. The van der Waals surface area contributed by atoms with Crippen LogP contribution in [-0.2, 0) is 11.2 Å². The minimum atomic E-state index is -0.234. The molecule has 0 bridgehead atoms. The minimum Gasteiger partial charge on any atom is -0.393 e. The molecule has 5 nitrogen and oxygen atoms in total. The molecule has 1 aromatic rings. The van der Waals surface area contributed by atoms with Gasteiger partial charge in [0.15, 0.2) is 0 Å². The standard InChI is InChI=1S/C14H18N3O2/c15-11-2-1-3-12-10(11)8-13(14(19)16-12)17-6-4-9(18)5-7-17/h1-3,9,13,15,18H,4-8H2,(H,16,19). The Kier molecular flexibility index (Phi) is 3.16. The third-order valence-electron chi connectivity index (χ3n) is 4.07. The second-order valence-electron chi connectivity index (χ2n) is 5.31. The Balaban J connectivity index is 1.81. The Morgan fingerprint density at radius 2 is 2.05 bits per heavy atom. The molecule has 1 radical (unpaired) electrons. The second-order valence-corrected chi connectivity index (χ2v) is 5.31. The largest absolute Gasteiger partial charge is 0.393 e. The quantitative estimate of drug-likeness (QED) is 0.788. The van der Waals surface area contributed by atoms with Gasteiger partial charge >= 0.3 is 0 Å². The summed E-state index contributed by atoms with van der Waals surface area (Å²) in [4.78, 5) is 14.3. The topological polar surface area (TPSA) is 76.4 Å². The zero-order valence-corrected chi connectivity index (χ0v) is 10.7. The van der Waals surface area contributed by atoms with Crippen molar-refractivity contribution in [3.05, 3.63) is 23.8 Å². The van der Waals surface area contributed by atoms with Crippen molar-refractivity contribution in [1.29, 1.82) is 0 Å². The molecule has 19 heavy (non-hydrogen) atoms. The maximum absolute atomic E-state index is 12.2. The maximum atomic E-state index is 12.2. The molecule has 3 rings (SSSR count). The molecule has 0 spiro atoms. The number of carbonyl (C=O) groups excluding carboxylic acids is 1. The molecule has 1 aromatic carbocycles. The number of rotatable bonds is 1. The van der Waals surface area contributed by atoms with Crippen LogP contribution in [0.1, 0.15) is 18.4 Å². The van der Waals surface area contributed by atoms with Gasteiger partial charge in [0.25, 0.3) is 0 Å². The summed E-state index contributed by atoms with van der Waals surface area (Å²) < 4.78 is 0. The summed E-state index contributed by atoms with van der Waals surface area (Å²) in [5.74, 6) is 0.00879. The van der Waals surface area contributed by atoms with E-state index in [-0.39, 0.29) is 18.1 Å². The van der Waals surface area contributed by atoms with E-state index < -0.39 is 0 Å². The van der Waals surface area contributed by atoms with Crippen molar-refractivity contribution < 1.29 is 9.90 Å². The van der Waals surface area contributed by atoms with Gasteiger partial charge in [-0.3, -0.25) is 9.69 Å². The predicted molar refractivity (Wildman–Crippen MR) is 72.1 cm³/mol. The molecule has 101 valence electrons. The first-order chi connectivity index (χ1) is 9.15. The summed E-state index contributed by atoms with van der Waals surface area (Å²) in [6.07, 6.45) is 1.80. The molecule has 0 saturated carbocycles. The fourth-order valence-corrected chi connectivity index (χ4v) is 2.92. The number of benzene rings is 1.